The quantitative estimate of drug-likeness (QED) is 0.840. The van der Waals surface area contributed by atoms with Gasteiger partial charge in [-0.05, 0) is 48.4 Å². The van der Waals surface area contributed by atoms with Gasteiger partial charge in [-0.15, -0.1) is 0 Å². The SMILES string of the molecule is COc1ccc(NS(=O)(=O)c2ccc(CNC(C)=O)cc2)c(C)c1. The van der Waals surface area contributed by atoms with E-state index in [0.717, 1.165) is 11.1 Å². The summed E-state index contributed by atoms with van der Waals surface area (Å²) < 4.78 is 32.6. The molecule has 0 bridgehead atoms. The summed E-state index contributed by atoms with van der Waals surface area (Å²) in [6.45, 7) is 3.59. The number of amides is 1. The molecule has 128 valence electrons. The Labute approximate surface area is 141 Å². The summed E-state index contributed by atoms with van der Waals surface area (Å²) in [5.74, 6) is 0.529. The number of nitrogens with one attached hydrogen (secondary N) is 2. The highest BCUT2D eigenvalue weighted by Crippen LogP contribution is 2.24. The number of carbonyl (C=O) groups is 1. The lowest BCUT2D eigenvalue weighted by molar-refractivity contribution is -0.119. The van der Waals surface area contributed by atoms with Crippen LogP contribution >= 0.6 is 0 Å². The Morgan fingerprint density at radius 1 is 1.12 bits per heavy atom. The largest absolute Gasteiger partial charge is 0.497 e. The average molecular weight is 348 g/mol. The zero-order chi connectivity index (χ0) is 17.7. The average Bonchev–Trinajstić information content (AvgIpc) is 2.55. The van der Waals surface area contributed by atoms with E-state index in [1.807, 2.05) is 0 Å². The number of ether oxygens (including phenoxy) is 1. The van der Waals surface area contributed by atoms with E-state index in [-0.39, 0.29) is 10.8 Å². The maximum Gasteiger partial charge on any atom is 0.261 e. The maximum absolute atomic E-state index is 12.5. The van der Waals surface area contributed by atoms with Gasteiger partial charge < -0.3 is 10.1 Å². The molecule has 2 rings (SSSR count). The molecular formula is C17H20N2O4S. The van der Waals surface area contributed by atoms with Gasteiger partial charge >= 0.3 is 0 Å². The second kappa shape index (κ2) is 7.35. The molecule has 24 heavy (non-hydrogen) atoms. The van der Waals surface area contributed by atoms with Crippen molar-refractivity contribution in [3.63, 3.8) is 0 Å². The number of sulfonamides is 1. The maximum atomic E-state index is 12.5. The van der Waals surface area contributed by atoms with Crippen LogP contribution in [0.15, 0.2) is 47.4 Å². The number of anilines is 1. The van der Waals surface area contributed by atoms with Crippen molar-refractivity contribution in [2.75, 3.05) is 11.8 Å². The van der Waals surface area contributed by atoms with E-state index in [9.17, 15) is 13.2 Å². The van der Waals surface area contributed by atoms with Gasteiger partial charge in [0.2, 0.25) is 5.91 Å². The molecule has 2 aromatic carbocycles. The highest BCUT2D eigenvalue weighted by Gasteiger charge is 2.15. The number of carbonyl (C=O) groups excluding carboxylic acids is 1. The first kappa shape index (κ1) is 17.8. The summed E-state index contributed by atoms with van der Waals surface area (Å²) >= 11 is 0. The van der Waals surface area contributed by atoms with Crippen LogP contribution in [0.3, 0.4) is 0 Å². The summed E-state index contributed by atoms with van der Waals surface area (Å²) in [5.41, 5.74) is 2.09. The van der Waals surface area contributed by atoms with E-state index in [4.69, 9.17) is 4.74 Å². The van der Waals surface area contributed by atoms with Gasteiger partial charge in [0.05, 0.1) is 17.7 Å². The molecule has 0 spiro atoms. The Balaban J connectivity index is 2.16. The zero-order valence-corrected chi connectivity index (χ0v) is 14.6. The van der Waals surface area contributed by atoms with Crippen molar-refractivity contribution < 1.29 is 17.9 Å². The molecule has 0 aromatic heterocycles. The molecule has 0 heterocycles. The number of methoxy groups -OCH3 is 1. The first-order valence-electron chi connectivity index (χ1n) is 7.32. The van der Waals surface area contributed by atoms with Crippen molar-refractivity contribution in [2.24, 2.45) is 0 Å². The van der Waals surface area contributed by atoms with Crippen molar-refractivity contribution >= 4 is 21.6 Å². The number of hydrogen-bond acceptors (Lipinski definition) is 4. The Hall–Kier alpha value is -2.54. The highest BCUT2D eigenvalue weighted by molar-refractivity contribution is 7.92. The van der Waals surface area contributed by atoms with E-state index in [2.05, 4.69) is 10.0 Å². The normalized spacial score (nSPS) is 11.0. The van der Waals surface area contributed by atoms with Crippen LogP contribution in [-0.2, 0) is 21.4 Å². The van der Waals surface area contributed by atoms with Gasteiger partial charge in [0, 0.05) is 13.5 Å². The van der Waals surface area contributed by atoms with Crippen LogP contribution in [0.5, 0.6) is 5.75 Å². The van der Waals surface area contributed by atoms with Gasteiger partial charge in [0.15, 0.2) is 0 Å². The van der Waals surface area contributed by atoms with E-state index in [1.54, 1.807) is 44.4 Å². The first-order chi connectivity index (χ1) is 11.3. The van der Waals surface area contributed by atoms with E-state index in [0.29, 0.717) is 18.0 Å². The first-order valence-corrected chi connectivity index (χ1v) is 8.81. The van der Waals surface area contributed by atoms with Crippen molar-refractivity contribution in [3.8, 4) is 5.75 Å². The number of rotatable bonds is 6. The van der Waals surface area contributed by atoms with E-state index in [1.165, 1.54) is 19.1 Å². The molecule has 2 aromatic rings. The molecule has 1 amide bonds. The molecule has 0 fully saturated rings. The third-order valence-corrected chi connectivity index (χ3v) is 4.83. The fraction of sp³-hybridized carbons (Fsp3) is 0.235. The molecule has 0 unspecified atom stereocenters. The molecule has 0 saturated heterocycles. The Morgan fingerprint density at radius 3 is 2.33 bits per heavy atom. The van der Waals surface area contributed by atoms with Crippen molar-refractivity contribution in [2.45, 2.75) is 25.3 Å². The molecule has 0 atom stereocenters. The summed E-state index contributed by atoms with van der Waals surface area (Å²) in [4.78, 5) is 11.1. The monoisotopic (exact) mass is 348 g/mol. The fourth-order valence-electron chi connectivity index (χ4n) is 2.09. The zero-order valence-electron chi connectivity index (χ0n) is 13.8. The number of benzene rings is 2. The molecule has 2 N–H and O–H groups in total. The van der Waals surface area contributed by atoms with Gasteiger partial charge in [0.1, 0.15) is 5.75 Å². The van der Waals surface area contributed by atoms with Gasteiger partial charge in [-0.2, -0.15) is 0 Å². The number of hydrogen-bond donors (Lipinski definition) is 2. The van der Waals surface area contributed by atoms with Crippen molar-refractivity contribution in [1.29, 1.82) is 0 Å². The molecule has 0 aliphatic carbocycles. The lowest BCUT2D eigenvalue weighted by Crippen LogP contribution is -2.19. The van der Waals surface area contributed by atoms with Gasteiger partial charge in [-0.1, -0.05) is 12.1 Å². The minimum Gasteiger partial charge on any atom is -0.497 e. The lowest BCUT2D eigenvalue weighted by atomic mass is 10.2. The minimum absolute atomic E-state index is 0.136. The summed E-state index contributed by atoms with van der Waals surface area (Å²) in [6.07, 6.45) is 0. The summed E-state index contributed by atoms with van der Waals surface area (Å²) in [5, 5.41) is 2.66. The van der Waals surface area contributed by atoms with Crippen LogP contribution in [0.2, 0.25) is 0 Å². The molecule has 0 saturated carbocycles. The Bertz CT molecular complexity index is 830. The minimum atomic E-state index is -3.68. The van der Waals surface area contributed by atoms with Gasteiger partial charge in [-0.25, -0.2) is 8.42 Å². The predicted octanol–water partition coefficient (Wildman–Crippen LogP) is 2.44. The summed E-state index contributed by atoms with van der Waals surface area (Å²) in [7, 11) is -2.12. The molecule has 0 radical (unpaired) electrons. The topological polar surface area (TPSA) is 84.5 Å². The second-order valence-corrected chi connectivity index (χ2v) is 7.02. The fourth-order valence-corrected chi connectivity index (χ4v) is 3.23. The van der Waals surface area contributed by atoms with E-state index < -0.39 is 10.0 Å². The van der Waals surface area contributed by atoms with Crippen molar-refractivity contribution in [1.82, 2.24) is 5.32 Å². The Morgan fingerprint density at radius 2 is 1.79 bits per heavy atom. The second-order valence-electron chi connectivity index (χ2n) is 5.34. The van der Waals surface area contributed by atoms with Crippen molar-refractivity contribution in [3.05, 3.63) is 53.6 Å². The van der Waals surface area contributed by atoms with Crippen LogP contribution in [-0.4, -0.2) is 21.4 Å². The Kier molecular flexibility index (Phi) is 5.46. The van der Waals surface area contributed by atoms with Crippen LogP contribution in [0.4, 0.5) is 5.69 Å². The van der Waals surface area contributed by atoms with Gasteiger partial charge in [0.25, 0.3) is 10.0 Å². The molecule has 0 aliphatic heterocycles. The third kappa shape index (κ3) is 4.48. The lowest BCUT2D eigenvalue weighted by Gasteiger charge is -2.12. The standard InChI is InChI=1S/C17H20N2O4S/c1-12-10-15(23-3)6-9-17(12)19-24(21,22)16-7-4-14(5-8-16)11-18-13(2)20/h4-10,19H,11H2,1-3H3,(H,18,20). The molecule has 7 heteroatoms. The van der Waals surface area contributed by atoms with Crippen LogP contribution in [0.1, 0.15) is 18.1 Å². The molecule has 6 nitrogen and oxygen atoms in total. The molecule has 0 aliphatic rings. The predicted molar refractivity (Wildman–Crippen MR) is 92.5 cm³/mol. The van der Waals surface area contributed by atoms with Gasteiger partial charge in [-0.3, -0.25) is 9.52 Å². The highest BCUT2D eigenvalue weighted by atomic mass is 32.2. The van der Waals surface area contributed by atoms with E-state index >= 15 is 0 Å². The third-order valence-electron chi connectivity index (χ3n) is 3.45. The molecular weight excluding hydrogens is 328 g/mol. The van der Waals surface area contributed by atoms with Crippen LogP contribution in [0.25, 0.3) is 0 Å². The smallest absolute Gasteiger partial charge is 0.261 e. The van der Waals surface area contributed by atoms with Crippen LogP contribution in [0, 0.1) is 6.92 Å². The summed E-state index contributed by atoms with van der Waals surface area (Å²) in [6, 6.07) is 11.5. The number of aryl methyl sites for hydroxylation is 1. The van der Waals surface area contributed by atoms with Crippen LogP contribution < -0.4 is 14.8 Å².